The molecule has 0 saturated heterocycles. The van der Waals surface area contributed by atoms with Crippen LogP contribution in [0.25, 0.3) is 0 Å². The number of aryl methyl sites for hydroxylation is 1. The molecule has 0 heterocycles. The molecule has 1 aromatic carbocycles. The van der Waals surface area contributed by atoms with Crippen LogP contribution in [0, 0.1) is 18.6 Å². The van der Waals surface area contributed by atoms with Crippen LogP contribution in [0.2, 0.25) is 0 Å². The molecule has 2 unspecified atom stereocenters. The second-order valence-corrected chi connectivity index (χ2v) is 5.15. The van der Waals surface area contributed by atoms with Gasteiger partial charge in [-0.3, -0.25) is 0 Å². The fraction of sp³-hybridized carbons (Fsp3) is 0.600. The van der Waals surface area contributed by atoms with Crippen molar-refractivity contribution in [1.82, 2.24) is 5.32 Å². The summed E-state index contributed by atoms with van der Waals surface area (Å²) in [5, 5.41) is 3.37. The highest BCUT2D eigenvalue weighted by molar-refractivity contribution is 5.31. The monoisotopic (exact) mass is 253 g/mol. The first-order valence-electron chi connectivity index (χ1n) is 6.83. The lowest BCUT2D eigenvalue weighted by Gasteiger charge is -2.33. The van der Waals surface area contributed by atoms with Crippen LogP contribution in [0.3, 0.4) is 0 Å². The van der Waals surface area contributed by atoms with E-state index in [-0.39, 0.29) is 17.8 Å². The summed E-state index contributed by atoms with van der Waals surface area (Å²) in [7, 11) is 0. The number of halogens is 2. The Bertz CT molecular complexity index is 415. The largest absolute Gasteiger partial charge is 0.314 e. The fourth-order valence-corrected chi connectivity index (χ4v) is 3.00. The number of benzene rings is 1. The summed E-state index contributed by atoms with van der Waals surface area (Å²) >= 11 is 0. The van der Waals surface area contributed by atoms with E-state index in [4.69, 9.17) is 0 Å². The Kier molecular flexibility index (Phi) is 4.33. The second kappa shape index (κ2) is 5.79. The molecule has 3 heteroatoms. The molecule has 1 aliphatic carbocycles. The molecule has 0 bridgehead atoms. The average molecular weight is 253 g/mol. The third-order valence-electron chi connectivity index (χ3n) is 3.92. The fourth-order valence-electron chi connectivity index (χ4n) is 3.00. The minimum atomic E-state index is -0.395. The first-order valence-corrected chi connectivity index (χ1v) is 6.83. The predicted octanol–water partition coefficient (Wildman–Crippen LogP) is 3.91. The molecule has 1 N–H and O–H groups in total. The minimum Gasteiger partial charge on any atom is -0.314 e. The van der Waals surface area contributed by atoms with Crippen molar-refractivity contribution in [3.8, 4) is 0 Å². The van der Waals surface area contributed by atoms with Gasteiger partial charge in [0.1, 0.15) is 11.6 Å². The van der Waals surface area contributed by atoms with Gasteiger partial charge >= 0.3 is 0 Å². The van der Waals surface area contributed by atoms with Gasteiger partial charge in [-0.2, -0.15) is 0 Å². The van der Waals surface area contributed by atoms with Crippen molar-refractivity contribution in [3.63, 3.8) is 0 Å². The Hall–Kier alpha value is -0.960. The maximum absolute atomic E-state index is 14.2. The minimum absolute atomic E-state index is 0.0291. The number of likely N-dealkylation sites (N-methyl/N-ethyl adjacent to an activating group) is 1. The highest BCUT2D eigenvalue weighted by atomic mass is 19.1. The van der Waals surface area contributed by atoms with Crippen LogP contribution in [0.4, 0.5) is 8.78 Å². The molecule has 1 nitrogen and oxygen atoms in total. The summed E-state index contributed by atoms with van der Waals surface area (Å²) in [6.45, 7) is 4.58. The molecule has 0 amide bonds. The summed E-state index contributed by atoms with van der Waals surface area (Å²) in [5.41, 5.74) is 0.827. The van der Waals surface area contributed by atoms with Gasteiger partial charge in [-0.05, 0) is 37.9 Å². The van der Waals surface area contributed by atoms with Crippen LogP contribution in [0.1, 0.15) is 49.7 Å². The average Bonchev–Trinajstić information content (AvgIpc) is 2.37. The maximum atomic E-state index is 14.2. The summed E-state index contributed by atoms with van der Waals surface area (Å²) < 4.78 is 28.2. The van der Waals surface area contributed by atoms with E-state index in [0.717, 1.165) is 32.2 Å². The zero-order valence-corrected chi connectivity index (χ0v) is 11.1. The smallest absolute Gasteiger partial charge is 0.132 e. The van der Waals surface area contributed by atoms with Gasteiger partial charge in [-0.1, -0.05) is 25.8 Å². The maximum Gasteiger partial charge on any atom is 0.132 e. The quantitative estimate of drug-likeness (QED) is 0.861. The van der Waals surface area contributed by atoms with Crippen molar-refractivity contribution >= 4 is 0 Å². The van der Waals surface area contributed by atoms with E-state index in [0.29, 0.717) is 11.1 Å². The third-order valence-corrected chi connectivity index (χ3v) is 3.92. The van der Waals surface area contributed by atoms with Crippen LogP contribution in [0.15, 0.2) is 12.1 Å². The van der Waals surface area contributed by atoms with Crippen molar-refractivity contribution in [3.05, 3.63) is 34.9 Å². The third kappa shape index (κ3) is 2.56. The molecule has 1 aromatic rings. The van der Waals surface area contributed by atoms with Gasteiger partial charge in [0, 0.05) is 17.5 Å². The molecule has 1 aliphatic rings. The van der Waals surface area contributed by atoms with Crippen molar-refractivity contribution in [2.24, 2.45) is 0 Å². The number of rotatable bonds is 3. The van der Waals surface area contributed by atoms with E-state index in [9.17, 15) is 8.78 Å². The summed E-state index contributed by atoms with van der Waals surface area (Å²) in [6, 6.07) is 3.11. The SMILES string of the molecule is CCNC1CCCCC1c1c(F)ccc(C)c1F. The van der Waals surface area contributed by atoms with Gasteiger partial charge in [0.25, 0.3) is 0 Å². The van der Waals surface area contributed by atoms with Gasteiger partial charge in [-0.25, -0.2) is 8.78 Å². The van der Waals surface area contributed by atoms with Gasteiger partial charge in [0.05, 0.1) is 0 Å². The van der Waals surface area contributed by atoms with Gasteiger partial charge in [0.2, 0.25) is 0 Å². The summed E-state index contributed by atoms with van der Waals surface area (Å²) in [6.07, 6.45) is 4.07. The Morgan fingerprint density at radius 3 is 2.67 bits per heavy atom. The molecule has 18 heavy (non-hydrogen) atoms. The number of nitrogens with one attached hydrogen (secondary N) is 1. The molecule has 2 atom stereocenters. The highest BCUT2D eigenvalue weighted by Gasteiger charge is 2.30. The molecule has 0 spiro atoms. The topological polar surface area (TPSA) is 12.0 Å². The Morgan fingerprint density at radius 2 is 1.94 bits per heavy atom. The van der Waals surface area contributed by atoms with Crippen LogP contribution in [-0.4, -0.2) is 12.6 Å². The molecular weight excluding hydrogens is 232 g/mol. The molecule has 1 saturated carbocycles. The predicted molar refractivity (Wildman–Crippen MR) is 69.8 cm³/mol. The lowest BCUT2D eigenvalue weighted by molar-refractivity contribution is 0.318. The lowest BCUT2D eigenvalue weighted by atomic mass is 9.79. The summed E-state index contributed by atoms with van der Waals surface area (Å²) in [5.74, 6) is -0.781. The Balaban J connectivity index is 2.36. The van der Waals surface area contributed by atoms with E-state index < -0.39 is 5.82 Å². The van der Waals surface area contributed by atoms with Crippen molar-refractivity contribution in [1.29, 1.82) is 0 Å². The zero-order valence-electron chi connectivity index (χ0n) is 11.1. The first-order chi connectivity index (χ1) is 8.65. The van der Waals surface area contributed by atoms with E-state index in [2.05, 4.69) is 5.32 Å². The van der Waals surface area contributed by atoms with Gasteiger partial charge in [0.15, 0.2) is 0 Å². The van der Waals surface area contributed by atoms with E-state index >= 15 is 0 Å². The first kappa shape index (κ1) is 13.5. The number of hydrogen-bond donors (Lipinski definition) is 1. The van der Waals surface area contributed by atoms with E-state index in [1.165, 1.54) is 12.1 Å². The van der Waals surface area contributed by atoms with E-state index in [1.807, 2.05) is 6.92 Å². The van der Waals surface area contributed by atoms with Crippen LogP contribution < -0.4 is 5.32 Å². The number of hydrogen-bond acceptors (Lipinski definition) is 1. The highest BCUT2D eigenvalue weighted by Crippen LogP contribution is 2.36. The molecular formula is C15H21F2N. The van der Waals surface area contributed by atoms with E-state index in [1.54, 1.807) is 6.92 Å². The molecule has 0 aromatic heterocycles. The Labute approximate surface area is 108 Å². The van der Waals surface area contributed by atoms with Gasteiger partial charge < -0.3 is 5.32 Å². The Morgan fingerprint density at radius 1 is 1.22 bits per heavy atom. The molecule has 2 rings (SSSR count). The van der Waals surface area contributed by atoms with Crippen molar-refractivity contribution < 1.29 is 8.78 Å². The molecule has 1 fully saturated rings. The summed E-state index contributed by atoms with van der Waals surface area (Å²) in [4.78, 5) is 0. The van der Waals surface area contributed by atoms with Crippen molar-refractivity contribution in [2.45, 2.75) is 51.5 Å². The van der Waals surface area contributed by atoms with Crippen LogP contribution in [0.5, 0.6) is 0 Å². The van der Waals surface area contributed by atoms with Gasteiger partial charge in [-0.15, -0.1) is 0 Å². The second-order valence-electron chi connectivity index (χ2n) is 5.15. The van der Waals surface area contributed by atoms with Crippen LogP contribution in [-0.2, 0) is 0 Å². The molecule has 100 valence electrons. The molecule has 0 aliphatic heterocycles. The normalized spacial score (nSPS) is 24.2. The zero-order chi connectivity index (χ0) is 13.1. The standard InChI is InChI=1S/C15H21F2N/c1-3-18-13-7-5-4-6-11(13)14-12(16)9-8-10(2)15(14)17/h8-9,11,13,18H,3-7H2,1-2H3. The molecule has 0 radical (unpaired) electrons. The van der Waals surface area contributed by atoms with Crippen molar-refractivity contribution in [2.75, 3.05) is 6.54 Å². The lowest BCUT2D eigenvalue weighted by Crippen LogP contribution is -2.37. The van der Waals surface area contributed by atoms with Crippen LogP contribution >= 0.6 is 0 Å².